The number of benzene rings is 12. The van der Waals surface area contributed by atoms with Crippen LogP contribution in [0.25, 0.3) is 122 Å². The molecule has 4 aliphatic rings. The van der Waals surface area contributed by atoms with Crippen LogP contribution in [0.3, 0.4) is 0 Å². The van der Waals surface area contributed by atoms with E-state index in [9.17, 15) is 0 Å². The van der Waals surface area contributed by atoms with Gasteiger partial charge in [0.2, 0.25) is 0 Å². The summed E-state index contributed by atoms with van der Waals surface area (Å²) in [7, 11) is 0. The molecule has 0 saturated heterocycles. The lowest BCUT2D eigenvalue weighted by molar-refractivity contribution is 0.563. The Labute approximate surface area is 499 Å². The molecular formula is C83H55N3. The molecule has 0 N–H and O–H groups in total. The SMILES string of the molecule is c1ccc(-c2cccc(-c3cc(-c4ccc5c(c4)C4(Cc6ccccc6C4)c4cc(-n6c7ccccc7c7ccccc76)ccc4-5)cc(-c4ccc5c(c4)C4(Cc6ccccc6C4)c4cc(-n6c7ccccc7c7ccccc76)ccc4-5)c3)c2)nc1. The number of para-hydroxylation sites is 4. The van der Waals surface area contributed by atoms with Crippen molar-refractivity contribution >= 4 is 43.6 Å². The minimum absolute atomic E-state index is 0.236. The van der Waals surface area contributed by atoms with Gasteiger partial charge < -0.3 is 9.13 Å². The molecule has 0 radical (unpaired) electrons. The zero-order valence-corrected chi connectivity index (χ0v) is 47.3. The molecule has 86 heavy (non-hydrogen) atoms. The molecule has 19 rings (SSSR count). The maximum Gasteiger partial charge on any atom is 0.0702 e. The second-order valence-corrected chi connectivity index (χ2v) is 24.7. The van der Waals surface area contributed by atoms with E-state index in [-0.39, 0.29) is 10.8 Å². The van der Waals surface area contributed by atoms with E-state index in [1.54, 1.807) is 0 Å². The highest BCUT2D eigenvalue weighted by atomic mass is 15.0. The summed E-state index contributed by atoms with van der Waals surface area (Å²) < 4.78 is 4.97. The first-order valence-electron chi connectivity index (χ1n) is 30.4. The predicted octanol–water partition coefficient (Wildman–Crippen LogP) is 20.1. The number of pyridine rings is 1. The molecule has 0 saturated carbocycles. The average molecular weight is 1090 g/mol. The number of fused-ring (bicyclic) bond motifs is 18. The highest BCUT2D eigenvalue weighted by Crippen LogP contribution is 2.59. The summed E-state index contributed by atoms with van der Waals surface area (Å²) in [6.07, 6.45) is 5.72. The van der Waals surface area contributed by atoms with Gasteiger partial charge in [-0.3, -0.25) is 4.98 Å². The Kier molecular flexibility index (Phi) is 9.99. The van der Waals surface area contributed by atoms with Crippen molar-refractivity contribution in [3.63, 3.8) is 0 Å². The fourth-order valence-electron chi connectivity index (χ4n) is 16.5. The third kappa shape index (κ3) is 6.82. The van der Waals surface area contributed by atoms with Crippen molar-refractivity contribution in [1.29, 1.82) is 0 Å². The second-order valence-electron chi connectivity index (χ2n) is 24.7. The second kappa shape index (κ2) is 18.0. The Hall–Kier alpha value is -10.6. The van der Waals surface area contributed by atoms with Crippen LogP contribution in [0.4, 0.5) is 0 Å². The Morgan fingerprint density at radius 2 is 0.593 bits per heavy atom. The largest absolute Gasteiger partial charge is 0.309 e. The summed E-state index contributed by atoms with van der Waals surface area (Å²) >= 11 is 0. The van der Waals surface area contributed by atoms with Gasteiger partial charge in [-0.1, -0.05) is 182 Å². The van der Waals surface area contributed by atoms with Gasteiger partial charge in [0.1, 0.15) is 0 Å². The van der Waals surface area contributed by atoms with Crippen LogP contribution in [0.1, 0.15) is 44.5 Å². The summed E-state index contributed by atoms with van der Waals surface area (Å²) in [4.78, 5) is 4.80. The molecule has 0 fully saturated rings. The molecule has 0 amide bonds. The molecule has 0 unspecified atom stereocenters. The molecule has 3 aromatic heterocycles. The van der Waals surface area contributed by atoms with E-state index in [1.165, 1.54) is 155 Å². The Morgan fingerprint density at radius 3 is 1.00 bits per heavy atom. The Balaban J connectivity index is 0.785. The molecular weight excluding hydrogens is 1040 g/mol. The summed E-state index contributed by atoms with van der Waals surface area (Å²) in [6.45, 7) is 0. The molecule has 3 heterocycles. The monoisotopic (exact) mass is 1090 g/mol. The van der Waals surface area contributed by atoms with Crippen LogP contribution < -0.4 is 0 Å². The lowest BCUT2D eigenvalue weighted by Crippen LogP contribution is -2.26. The van der Waals surface area contributed by atoms with Gasteiger partial charge in [0.25, 0.3) is 0 Å². The van der Waals surface area contributed by atoms with E-state index in [0.29, 0.717) is 0 Å². The van der Waals surface area contributed by atoms with E-state index in [0.717, 1.165) is 36.9 Å². The van der Waals surface area contributed by atoms with Crippen molar-refractivity contribution < 1.29 is 0 Å². The summed E-state index contributed by atoms with van der Waals surface area (Å²) in [6, 6.07) is 106. The highest BCUT2D eigenvalue weighted by molar-refractivity contribution is 6.10. The third-order valence-corrected chi connectivity index (χ3v) is 20.3. The Bertz CT molecular complexity index is 4930. The van der Waals surface area contributed by atoms with Crippen molar-refractivity contribution in [3.8, 4) is 78.3 Å². The fraction of sp³-hybridized carbons (Fsp3) is 0.0723. The van der Waals surface area contributed by atoms with E-state index >= 15 is 0 Å². The zero-order valence-electron chi connectivity index (χ0n) is 47.3. The lowest BCUT2D eigenvalue weighted by atomic mass is 9.74. The van der Waals surface area contributed by atoms with Gasteiger partial charge in [0, 0.05) is 55.5 Å². The number of aromatic nitrogens is 3. The van der Waals surface area contributed by atoms with Crippen LogP contribution in [-0.4, -0.2) is 14.1 Å². The Morgan fingerprint density at radius 1 is 0.256 bits per heavy atom. The fourth-order valence-corrected chi connectivity index (χ4v) is 16.5. The van der Waals surface area contributed by atoms with Gasteiger partial charge in [-0.2, -0.15) is 0 Å². The third-order valence-electron chi connectivity index (χ3n) is 20.3. The minimum atomic E-state index is -0.236. The lowest BCUT2D eigenvalue weighted by Gasteiger charge is -2.28. The van der Waals surface area contributed by atoms with Crippen molar-refractivity contribution in [3.05, 3.63) is 330 Å². The van der Waals surface area contributed by atoms with Crippen molar-refractivity contribution in [2.45, 2.75) is 36.5 Å². The molecule has 3 nitrogen and oxygen atoms in total. The van der Waals surface area contributed by atoms with Gasteiger partial charge >= 0.3 is 0 Å². The molecule has 4 aliphatic carbocycles. The zero-order chi connectivity index (χ0) is 56.2. The molecule has 402 valence electrons. The number of nitrogens with zero attached hydrogens (tertiary/aromatic N) is 3. The summed E-state index contributed by atoms with van der Waals surface area (Å²) in [5.41, 5.74) is 33.0. The van der Waals surface area contributed by atoms with Crippen LogP contribution in [0.15, 0.2) is 285 Å². The maximum atomic E-state index is 4.80. The van der Waals surface area contributed by atoms with E-state index < -0.39 is 0 Å². The normalized spacial score (nSPS) is 14.5. The van der Waals surface area contributed by atoms with Crippen LogP contribution >= 0.6 is 0 Å². The van der Waals surface area contributed by atoms with Crippen molar-refractivity contribution in [2.24, 2.45) is 0 Å². The van der Waals surface area contributed by atoms with Gasteiger partial charge in [0.05, 0.1) is 27.8 Å². The first-order chi connectivity index (χ1) is 42.5. The van der Waals surface area contributed by atoms with Gasteiger partial charge in [0.15, 0.2) is 0 Å². The molecule has 3 heteroatoms. The quantitative estimate of drug-likeness (QED) is 0.163. The summed E-state index contributed by atoms with van der Waals surface area (Å²) in [5.74, 6) is 0. The van der Waals surface area contributed by atoms with Crippen LogP contribution in [0, 0.1) is 0 Å². The van der Waals surface area contributed by atoms with Crippen LogP contribution in [0.5, 0.6) is 0 Å². The van der Waals surface area contributed by atoms with Crippen molar-refractivity contribution in [2.75, 3.05) is 0 Å². The van der Waals surface area contributed by atoms with Gasteiger partial charge in [-0.05, 0) is 223 Å². The van der Waals surface area contributed by atoms with E-state index in [2.05, 4.69) is 282 Å². The highest BCUT2D eigenvalue weighted by Gasteiger charge is 2.49. The maximum absolute atomic E-state index is 4.80. The summed E-state index contributed by atoms with van der Waals surface area (Å²) in [5, 5.41) is 5.12. The van der Waals surface area contributed by atoms with Crippen LogP contribution in [0.2, 0.25) is 0 Å². The minimum Gasteiger partial charge on any atom is -0.309 e. The molecule has 15 aromatic rings. The molecule has 0 atom stereocenters. The van der Waals surface area contributed by atoms with E-state index in [1.807, 2.05) is 12.3 Å². The van der Waals surface area contributed by atoms with Crippen molar-refractivity contribution in [1.82, 2.24) is 14.1 Å². The molecule has 2 spiro atoms. The smallest absolute Gasteiger partial charge is 0.0702 e. The molecule has 12 aromatic carbocycles. The van der Waals surface area contributed by atoms with Gasteiger partial charge in [-0.15, -0.1) is 0 Å². The first-order valence-corrected chi connectivity index (χ1v) is 30.4. The number of hydrogen-bond donors (Lipinski definition) is 0. The van der Waals surface area contributed by atoms with Crippen LogP contribution in [-0.2, 0) is 36.5 Å². The standard InChI is InChI=1S/C83H55N3/c1-2-17-57-49-82(48-56(57)16-1)73-44-53(31-35-65(73)67-37-33-63(46-75(67)82)85-78-27-9-5-22-69(78)70-23-6-10-28-79(70)85)61-41-60(52-20-15-21-55(40-52)77-26-13-14-39-84-77)42-62(43-61)54-32-36-66-68-38-34-64(86-80-29-11-7-24-71(80)72-25-8-12-30-81(72)86)47-76(68)83(74(66)45-54)50-58-18-3-4-19-59(58)51-83/h1-47H,48-51H2. The number of hydrogen-bond acceptors (Lipinski definition) is 1. The van der Waals surface area contributed by atoms with Gasteiger partial charge in [-0.25, -0.2) is 0 Å². The number of rotatable bonds is 6. The van der Waals surface area contributed by atoms with E-state index in [4.69, 9.17) is 4.98 Å². The molecule has 0 bridgehead atoms. The average Bonchev–Trinajstić information content (AvgIpc) is 1.70. The molecule has 0 aliphatic heterocycles. The first kappa shape index (κ1) is 47.8. The topological polar surface area (TPSA) is 22.8 Å². The predicted molar refractivity (Wildman–Crippen MR) is 355 cm³/mol.